The predicted octanol–water partition coefficient (Wildman–Crippen LogP) is 2.11. The number of aryl methyl sites for hydroxylation is 1. The number of carboxylic acid groups (broad SMARTS) is 1. The van der Waals surface area contributed by atoms with Crippen molar-refractivity contribution in [2.75, 3.05) is 5.32 Å². The summed E-state index contributed by atoms with van der Waals surface area (Å²) in [5, 5.41) is 11.7. The molecule has 90 valence electrons. The lowest BCUT2D eigenvalue weighted by Gasteiger charge is -2.13. The van der Waals surface area contributed by atoms with Crippen molar-refractivity contribution in [3.63, 3.8) is 0 Å². The van der Waals surface area contributed by atoms with Crippen LogP contribution in [-0.4, -0.2) is 17.0 Å². The van der Waals surface area contributed by atoms with Gasteiger partial charge in [0.25, 0.3) is 0 Å². The van der Waals surface area contributed by atoms with Crippen molar-refractivity contribution in [3.8, 4) is 0 Å². The molecular weight excluding hydrogens is 218 g/mol. The first-order valence-corrected chi connectivity index (χ1v) is 5.58. The maximum absolute atomic E-state index is 11.9. The molecule has 0 radical (unpaired) electrons. The standard InChI is InChI=1S/C13H15NO3/c1-8-4-3-5-10(9(8)2)14-11(15)13(6-7-13)12(16)17/h3-5H,6-7H2,1-2H3,(H,14,15)(H,16,17). The summed E-state index contributed by atoms with van der Waals surface area (Å²) >= 11 is 0. The van der Waals surface area contributed by atoms with Gasteiger partial charge in [0.05, 0.1) is 0 Å². The number of amides is 1. The molecule has 1 aliphatic rings. The van der Waals surface area contributed by atoms with Crippen LogP contribution in [0.3, 0.4) is 0 Å². The number of carboxylic acids is 1. The molecule has 17 heavy (non-hydrogen) atoms. The maximum Gasteiger partial charge on any atom is 0.319 e. The van der Waals surface area contributed by atoms with E-state index in [1.54, 1.807) is 6.07 Å². The Morgan fingerprint density at radius 2 is 1.94 bits per heavy atom. The fourth-order valence-electron chi connectivity index (χ4n) is 1.79. The SMILES string of the molecule is Cc1cccc(NC(=O)C2(C(=O)O)CC2)c1C. The Bertz CT molecular complexity index is 489. The minimum atomic E-state index is -1.18. The van der Waals surface area contributed by atoms with Gasteiger partial charge in [-0.3, -0.25) is 9.59 Å². The summed E-state index contributed by atoms with van der Waals surface area (Å²) in [5.41, 5.74) is 1.56. The molecule has 1 aliphatic carbocycles. The van der Waals surface area contributed by atoms with E-state index in [1.807, 2.05) is 26.0 Å². The first-order chi connectivity index (χ1) is 7.97. The summed E-state index contributed by atoms with van der Waals surface area (Å²) in [6.07, 6.45) is 0.859. The van der Waals surface area contributed by atoms with E-state index in [0.29, 0.717) is 18.5 Å². The molecule has 2 rings (SSSR count). The average Bonchev–Trinajstić information content (AvgIpc) is 3.05. The third kappa shape index (κ3) is 1.90. The minimum absolute atomic E-state index is 0.404. The average molecular weight is 233 g/mol. The van der Waals surface area contributed by atoms with E-state index in [9.17, 15) is 9.59 Å². The molecule has 1 amide bonds. The Morgan fingerprint density at radius 3 is 2.47 bits per heavy atom. The van der Waals surface area contributed by atoms with E-state index in [1.165, 1.54) is 0 Å². The summed E-state index contributed by atoms with van der Waals surface area (Å²) in [4.78, 5) is 22.9. The highest BCUT2D eigenvalue weighted by atomic mass is 16.4. The highest BCUT2D eigenvalue weighted by molar-refractivity contribution is 6.11. The van der Waals surface area contributed by atoms with Crippen LogP contribution in [0.15, 0.2) is 18.2 Å². The molecule has 4 nitrogen and oxygen atoms in total. The number of nitrogens with one attached hydrogen (secondary N) is 1. The monoisotopic (exact) mass is 233 g/mol. The Labute approximate surface area is 99.6 Å². The summed E-state index contributed by atoms with van der Waals surface area (Å²) in [6.45, 7) is 3.86. The van der Waals surface area contributed by atoms with Crippen LogP contribution in [0, 0.1) is 19.3 Å². The lowest BCUT2D eigenvalue weighted by Crippen LogP contribution is -2.31. The quantitative estimate of drug-likeness (QED) is 0.786. The number of hydrogen-bond acceptors (Lipinski definition) is 2. The predicted molar refractivity (Wildman–Crippen MR) is 63.8 cm³/mol. The largest absolute Gasteiger partial charge is 0.480 e. The van der Waals surface area contributed by atoms with Crippen molar-refractivity contribution >= 4 is 17.6 Å². The van der Waals surface area contributed by atoms with E-state index in [0.717, 1.165) is 11.1 Å². The van der Waals surface area contributed by atoms with Crippen molar-refractivity contribution < 1.29 is 14.7 Å². The molecule has 0 heterocycles. The van der Waals surface area contributed by atoms with Gasteiger partial charge in [-0.15, -0.1) is 0 Å². The number of carbonyl (C=O) groups is 2. The Morgan fingerprint density at radius 1 is 1.29 bits per heavy atom. The van der Waals surface area contributed by atoms with E-state index in [2.05, 4.69) is 5.32 Å². The van der Waals surface area contributed by atoms with Gasteiger partial charge in [0, 0.05) is 5.69 Å². The van der Waals surface area contributed by atoms with Crippen LogP contribution < -0.4 is 5.32 Å². The van der Waals surface area contributed by atoms with Crippen LogP contribution in [0.4, 0.5) is 5.69 Å². The fraction of sp³-hybridized carbons (Fsp3) is 0.385. The number of aliphatic carboxylic acids is 1. The molecular formula is C13H15NO3. The van der Waals surface area contributed by atoms with Crippen molar-refractivity contribution in [1.82, 2.24) is 0 Å². The number of anilines is 1. The van der Waals surface area contributed by atoms with Crippen LogP contribution in [0.25, 0.3) is 0 Å². The summed E-state index contributed by atoms with van der Waals surface area (Å²) < 4.78 is 0. The van der Waals surface area contributed by atoms with Crippen molar-refractivity contribution in [2.24, 2.45) is 5.41 Å². The Balaban J connectivity index is 2.20. The van der Waals surface area contributed by atoms with E-state index >= 15 is 0 Å². The zero-order valence-corrected chi connectivity index (χ0v) is 9.91. The highest BCUT2D eigenvalue weighted by Gasteiger charge is 2.57. The van der Waals surface area contributed by atoms with Crippen molar-refractivity contribution in [3.05, 3.63) is 29.3 Å². The van der Waals surface area contributed by atoms with Gasteiger partial charge in [0.2, 0.25) is 5.91 Å². The number of hydrogen-bond donors (Lipinski definition) is 2. The number of carbonyl (C=O) groups excluding carboxylic acids is 1. The van der Waals surface area contributed by atoms with Gasteiger partial charge in [-0.25, -0.2) is 0 Å². The van der Waals surface area contributed by atoms with Gasteiger partial charge >= 0.3 is 5.97 Å². The summed E-state index contributed by atoms with van der Waals surface area (Å²) in [5.74, 6) is -1.43. The molecule has 1 aromatic carbocycles. The molecule has 2 N–H and O–H groups in total. The second-order valence-electron chi connectivity index (χ2n) is 4.59. The molecule has 4 heteroatoms. The lowest BCUT2D eigenvalue weighted by atomic mass is 10.0. The smallest absolute Gasteiger partial charge is 0.319 e. The first kappa shape index (κ1) is 11.6. The van der Waals surface area contributed by atoms with E-state index < -0.39 is 17.3 Å². The highest BCUT2D eigenvalue weighted by Crippen LogP contribution is 2.46. The molecule has 0 saturated heterocycles. The molecule has 1 fully saturated rings. The van der Waals surface area contributed by atoms with E-state index in [-0.39, 0.29) is 0 Å². The molecule has 1 aromatic rings. The number of rotatable bonds is 3. The topological polar surface area (TPSA) is 66.4 Å². The van der Waals surface area contributed by atoms with Crippen LogP contribution in [0.1, 0.15) is 24.0 Å². The van der Waals surface area contributed by atoms with Crippen molar-refractivity contribution in [1.29, 1.82) is 0 Å². The first-order valence-electron chi connectivity index (χ1n) is 5.58. The molecule has 0 atom stereocenters. The Hall–Kier alpha value is -1.84. The van der Waals surface area contributed by atoms with E-state index in [4.69, 9.17) is 5.11 Å². The third-order valence-corrected chi connectivity index (χ3v) is 3.45. The van der Waals surface area contributed by atoms with Gasteiger partial charge in [-0.05, 0) is 43.9 Å². The second-order valence-corrected chi connectivity index (χ2v) is 4.59. The molecule has 0 bridgehead atoms. The summed E-state index contributed by atoms with van der Waals surface area (Å²) in [7, 11) is 0. The minimum Gasteiger partial charge on any atom is -0.480 e. The molecule has 1 saturated carbocycles. The molecule has 0 unspecified atom stereocenters. The third-order valence-electron chi connectivity index (χ3n) is 3.45. The van der Waals surface area contributed by atoms with Crippen LogP contribution >= 0.6 is 0 Å². The molecule has 0 spiro atoms. The van der Waals surface area contributed by atoms with Crippen LogP contribution in [0.5, 0.6) is 0 Å². The summed E-state index contributed by atoms with van der Waals surface area (Å²) in [6, 6.07) is 5.59. The van der Waals surface area contributed by atoms with Crippen LogP contribution in [0.2, 0.25) is 0 Å². The van der Waals surface area contributed by atoms with Gasteiger partial charge in [-0.2, -0.15) is 0 Å². The number of benzene rings is 1. The zero-order valence-electron chi connectivity index (χ0n) is 9.91. The molecule has 0 aromatic heterocycles. The normalized spacial score (nSPS) is 16.4. The molecule has 0 aliphatic heterocycles. The Kier molecular flexibility index (Phi) is 2.65. The maximum atomic E-state index is 11.9. The zero-order chi connectivity index (χ0) is 12.6. The van der Waals surface area contributed by atoms with Gasteiger partial charge in [0.1, 0.15) is 5.41 Å². The lowest BCUT2D eigenvalue weighted by molar-refractivity contribution is -0.147. The van der Waals surface area contributed by atoms with Crippen molar-refractivity contribution in [2.45, 2.75) is 26.7 Å². The van der Waals surface area contributed by atoms with Gasteiger partial charge < -0.3 is 10.4 Å². The second kappa shape index (κ2) is 3.87. The van der Waals surface area contributed by atoms with Gasteiger partial charge in [0.15, 0.2) is 0 Å². The van der Waals surface area contributed by atoms with Gasteiger partial charge in [-0.1, -0.05) is 12.1 Å². The fourth-order valence-corrected chi connectivity index (χ4v) is 1.79. The van der Waals surface area contributed by atoms with Crippen LogP contribution in [-0.2, 0) is 9.59 Å².